The van der Waals surface area contributed by atoms with E-state index in [2.05, 4.69) is 109 Å². The number of hydrogen-bond acceptors (Lipinski definition) is 6. The molecule has 6 rings (SSSR count). The average Bonchev–Trinajstić information content (AvgIpc) is 3.66. The van der Waals surface area contributed by atoms with Crippen LogP contribution in [0, 0.1) is 30.2 Å². The number of nitrogens with zero attached hydrogens (tertiary/aromatic N) is 2. The van der Waals surface area contributed by atoms with Crippen LogP contribution in [-0.2, 0) is 36.7 Å². The van der Waals surface area contributed by atoms with Crippen molar-refractivity contribution in [1.29, 1.82) is 0 Å². The Hall–Kier alpha value is -3.64. The summed E-state index contributed by atoms with van der Waals surface area (Å²) in [6, 6.07) is 23.0. The number of carbonyl (C=O) groups excluding carboxylic acids is 1. The van der Waals surface area contributed by atoms with E-state index in [0.29, 0.717) is 0 Å². The van der Waals surface area contributed by atoms with E-state index in [0.717, 1.165) is 71.3 Å². The van der Waals surface area contributed by atoms with E-state index in [4.69, 9.17) is 14.4 Å². The van der Waals surface area contributed by atoms with Crippen molar-refractivity contribution in [2.75, 3.05) is 0 Å². The van der Waals surface area contributed by atoms with Crippen LogP contribution in [0.4, 0.5) is 0 Å². The van der Waals surface area contributed by atoms with Gasteiger partial charge in [0.25, 0.3) is 0 Å². The van der Waals surface area contributed by atoms with E-state index < -0.39 is 0 Å². The van der Waals surface area contributed by atoms with Gasteiger partial charge < -0.3 is 9.52 Å². The van der Waals surface area contributed by atoms with Crippen molar-refractivity contribution in [1.82, 2.24) is 9.97 Å². The number of aliphatic hydroxyl groups excluding tert-OH is 1. The number of hydrogen-bond donors (Lipinski definition) is 1. The summed E-state index contributed by atoms with van der Waals surface area (Å²) in [4.78, 5) is 22.6. The summed E-state index contributed by atoms with van der Waals surface area (Å²) in [6.45, 7) is 23.7. The number of oxazole rings is 1. The molecule has 5 nitrogen and oxygen atoms in total. The first-order valence-electron chi connectivity index (χ1n) is 19.3. The van der Waals surface area contributed by atoms with Gasteiger partial charge in [-0.25, -0.2) is 4.98 Å². The van der Waals surface area contributed by atoms with Crippen LogP contribution in [0.15, 0.2) is 77.0 Å². The Morgan fingerprint density at radius 3 is 2.20 bits per heavy atom. The van der Waals surface area contributed by atoms with Crippen molar-refractivity contribution in [2.24, 2.45) is 17.3 Å². The Morgan fingerprint density at radius 2 is 1.57 bits per heavy atom. The first-order chi connectivity index (χ1) is 25.1. The molecule has 0 aliphatic rings. The van der Waals surface area contributed by atoms with Crippen LogP contribution in [0.3, 0.4) is 0 Å². The van der Waals surface area contributed by atoms with E-state index in [9.17, 15) is 9.90 Å². The SMILES string of the molecule is CCC(CC)C(=O)/C=C(\O)C(CC)CC.Cc1c(-c2ccc3nc(CC(C)(C)C)oc3c2)sc2c(-c3[c-]c4ccccc4c(C(C)(C)C)c3)nccc12.[Ir]. The number of fused-ring (bicyclic) bond motifs is 3. The van der Waals surface area contributed by atoms with Crippen LogP contribution in [0.5, 0.6) is 0 Å². The molecule has 0 saturated carbocycles. The van der Waals surface area contributed by atoms with Gasteiger partial charge >= 0.3 is 0 Å². The van der Waals surface area contributed by atoms with Crippen LogP contribution in [0.1, 0.15) is 112 Å². The quantitative estimate of drug-likeness (QED) is 0.0841. The predicted molar refractivity (Wildman–Crippen MR) is 225 cm³/mol. The van der Waals surface area contributed by atoms with Crippen LogP contribution in [-0.4, -0.2) is 20.9 Å². The van der Waals surface area contributed by atoms with Crippen molar-refractivity contribution in [3.63, 3.8) is 0 Å². The Morgan fingerprint density at radius 1 is 0.907 bits per heavy atom. The normalized spacial score (nSPS) is 12.4. The fraction of sp³-hybridized carbons (Fsp3) is 0.426. The smallest absolute Gasteiger partial charge is 0.195 e. The molecule has 54 heavy (non-hydrogen) atoms. The molecular weight excluding hydrogens is 865 g/mol. The maximum absolute atomic E-state index is 11.7. The van der Waals surface area contributed by atoms with Crippen molar-refractivity contribution < 1.29 is 34.4 Å². The average molecular weight is 922 g/mol. The van der Waals surface area contributed by atoms with E-state index >= 15 is 0 Å². The standard InChI is InChI=1S/C34H33N2OS.C13H24O2.Ir/c1-20-24-14-15-35-30(23-16-21-10-8-9-11-25(21)26(17-23)34(5,6)7)32(24)38-31(20)22-12-13-27-28(18-22)37-29(36-27)19-33(2,3)4;1-5-10(6-2)12(14)9-13(15)11(7-3)8-4;/h8-15,17-18H,19H2,1-7H3;9-11,14H,5-8H2,1-4H3;/q-1;;/b;12-9-;. The largest absolute Gasteiger partial charge is 0.512 e. The van der Waals surface area contributed by atoms with E-state index in [1.165, 1.54) is 37.6 Å². The fourth-order valence-electron chi connectivity index (χ4n) is 7.02. The Kier molecular flexibility index (Phi) is 14.3. The number of thiophene rings is 1. The van der Waals surface area contributed by atoms with Crippen LogP contribution >= 0.6 is 11.3 Å². The number of aromatic nitrogens is 2. The summed E-state index contributed by atoms with van der Waals surface area (Å²) >= 11 is 1.80. The van der Waals surface area contributed by atoms with Gasteiger partial charge in [0.2, 0.25) is 0 Å². The molecule has 1 N–H and O–H groups in total. The number of rotatable bonds is 10. The molecule has 3 aromatic carbocycles. The van der Waals surface area contributed by atoms with Gasteiger partial charge in [-0.1, -0.05) is 104 Å². The second-order valence-electron chi connectivity index (χ2n) is 16.5. The number of pyridine rings is 1. The maximum atomic E-state index is 11.7. The van der Waals surface area contributed by atoms with Crippen LogP contribution in [0.25, 0.3) is 53.7 Å². The molecule has 0 amide bonds. The number of carbonyl (C=O) groups is 1. The molecule has 289 valence electrons. The second kappa shape index (κ2) is 17.9. The minimum atomic E-state index is 0. The molecule has 0 fully saturated rings. The molecule has 1 radical (unpaired) electrons. The number of aliphatic hydroxyl groups is 1. The molecule has 3 heterocycles. The van der Waals surface area contributed by atoms with Gasteiger partial charge in [-0.3, -0.25) is 9.78 Å². The first kappa shape index (κ1) is 43.1. The molecule has 6 aromatic rings. The molecule has 0 aliphatic heterocycles. The third-order valence-corrected chi connectivity index (χ3v) is 11.5. The molecule has 0 bridgehead atoms. The monoisotopic (exact) mass is 922 g/mol. The van der Waals surface area contributed by atoms with Gasteiger partial charge in [0, 0.05) is 65.9 Å². The summed E-state index contributed by atoms with van der Waals surface area (Å²) in [5.41, 5.74) is 7.65. The zero-order valence-electron chi connectivity index (χ0n) is 33.9. The molecule has 0 atom stereocenters. The third-order valence-electron chi connectivity index (χ3n) is 10.2. The van der Waals surface area contributed by atoms with Crippen molar-refractivity contribution in [3.8, 4) is 21.7 Å². The van der Waals surface area contributed by atoms with E-state index in [1.807, 2.05) is 33.9 Å². The molecule has 0 spiro atoms. The summed E-state index contributed by atoms with van der Waals surface area (Å²) < 4.78 is 7.37. The van der Waals surface area contributed by atoms with Gasteiger partial charge in [0.15, 0.2) is 17.3 Å². The second-order valence-corrected chi connectivity index (χ2v) is 17.5. The number of ketones is 1. The molecule has 7 heteroatoms. The van der Waals surface area contributed by atoms with Gasteiger partial charge in [-0.2, -0.15) is 0 Å². The Bertz CT molecular complexity index is 2240. The first-order valence-corrected chi connectivity index (χ1v) is 20.1. The predicted octanol–water partition coefficient (Wildman–Crippen LogP) is 13.8. The minimum Gasteiger partial charge on any atom is -0.512 e. The fourth-order valence-corrected chi connectivity index (χ4v) is 8.32. The zero-order chi connectivity index (χ0) is 38.7. The van der Waals surface area contributed by atoms with Crippen molar-refractivity contribution in [2.45, 2.75) is 114 Å². The summed E-state index contributed by atoms with van der Waals surface area (Å²) in [5, 5.41) is 13.4. The molecular formula is C47H57IrN2O3S-. The maximum Gasteiger partial charge on any atom is 0.195 e. The summed E-state index contributed by atoms with van der Waals surface area (Å²) in [6.07, 6.45) is 7.65. The summed E-state index contributed by atoms with van der Waals surface area (Å²) in [7, 11) is 0. The van der Waals surface area contributed by atoms with Gasteiger partial charge in [-0.15, -0.1) is 40.5 Å². The number of allylic oxidation sites excluding steroid dienone is 2. The van der Waals surface area contributed by atoms with Crippen LogP contribution in [0.2, 0.25) is 0 Å². The van der Waals surface area contributed by atoms with Crippen LogP contribution < -0.4 is 0 Å². The third kappa shape index (κ3) is 9.77. The van der Waals surface area contributed by atoms with Crippen molar-refractivity contribution >= 4 is 49.1 Å². The Balaban J connectivity index is 0.000000347. The molecule has 3 aromatic heterocycles. The molecule has 0 saturated heterocycles. The Labute approximate surface area is 340 Å². The zero-order valence-corrected chi connectivity index (χ0v) is 37.2. The van der Waals surface area contributed by atoms with E-state index in [-0.39, 0.29) is 54.3 Å². The number of aryl methyl sites for hydroxylation is 1. The topological polar surface area (TPSA) is 76.2 Å². The van der Waals surface area contributed by atoms with Gasteiger partial charge in [-0.05, 0) is 78.1 Å². The number of benzene rings is 3. The molecule has 0 unspecified atom stereocenters. The molecule has 0 aliphatic carbocycles. The van der Waals surface area contributed by atoms with Gasteiger partial charge in [0.1, 0.15) is 5.52 Å². The van der Waals surface area contributed by atoms with Crippen molar-refractivity contribution in [3.05, 3.63) is 95.7 Å². The van der Waals surface area contributed by atoms with Gasteiger partial charge in [0.05, 0.1) is 5.76 Å². The summed E-state index contributed by atoms with van der Waals surface area (Å²) in [5.74, 6) is 1.34. The minimum absolute atomic E-state index is 0. The van der Waals surface area contributed by atoms with E-state index in [1.54, 1.807) is 11.3 Å².